The van der Waals surface area contributed by atoms with Crippen molar-refractivity contribution in [2.24, 2.45) is 0 Å². The SMILES string of the molecule is O=C(OCC(=O)N1CCN(c2ccc([N+](=O)[O-])cc2)CC1)c1cc2c(s1)CCCC2. The van der Waals surface area contributed by atoms with Crippen LogP contribution in [0.15, 0.2) is 30.3 Å². The largest absolute Gasteiger partial charge is 0.451 e. The van der Waals surface area contributed by atoms with Crippen LogP contribution < -0.4 is 4.90 Å². The van der Waals surface area contributed by atoms with Crippen molar-refractivity contribution in [2.45, 2.75) is 25.7 Å². The lowest BCUT2D eigenvalue weighted by Gasteiger charge is -2.36. The number of non-ortho nitro benzene ring substituents is 1. The van der Waals surface area contributed by atoms with Crippen molar-refractivity contribution >= 4 is 34.6 Å². The summed E-state index contributed by atoms with van der Waals surface area (Å²) in [6.45, 7) is 2.02. The molecule has 4 rings (SSSR count). The smallest absolute Gasteiger partial charge is 0.348 e. The number of ether oxygens (including phenoxy) is 1. The Morgan fingerprint density at radius 1 is 1.07 bits per heavy atom. The third-order valence-electron chi connectivity index (χ3n) is 5.58. The molecule has 0 radical (unpaired) electrons. The van der Waals surface area contributed by atoms with E-state index in [4.69, 9.17) is 4.74 Å². The molecule has 1 aliphatic heterocycles. The third-order valence-corrected chi connectivity index (χ3v) is 6.80. The molecule has 0 atom stereocenters. The standard InChI is InChI=1S/C21H23N3O5S/c25-20(14-29-21(26)19-13-15-3-1-2-4-18(15)30-19)23-11-9-22(10-12-23)16-5-7-17(8-6-16)24(27)28/h5-8,13H,1-4,9-12,14H2. The van der Waals surface area contributed by atoms with E-state index in [1.807, 2.05) is 6.07 Å². The monoisotopic (exact) mass is 429 g/mol. The second-order valence-electron chi connectivity index (χ2n) is 7.48. The van der Waals surface area contributed by atoms with Crippen LogP contribution in [0, 0.1) is 10.1 Å². The van der Waals surface area contributed by atoms with Crippen molar-refractivity contribution in [3.8, 4) is 0 Å². The summed E-state index contributed by atoms with van der Waals surface area (Å²) in [5, 5.41) is 10.8. The molecule has 2 aliphatic rings. The van der Waals surface area contributed by atoms with Gasteiger partial charge in [-0.3, -0.25) is 14.9 Å². The van der Waals surface area contributed by atoms with E-state index in [-0.39, 0.29) is 18.2 Å². The van der Waals surface area contributed by atoms with Crippen LogP contribution >= 0.6 is 11.3 Å². The van der Waals surface area contributed by atoms with Gasteiger partial charge in [-0.25, -0.2) is 4.79 Å². The van der Waals surface area contributed by atoms with Crippen LogP contribution in [0.25, 0.3) is 0 Å². The highest BCUT2D eigenvalue weighted by Crippen LogP contribution is 2.30. The van der Waals surface area contributed by atoms with Gasteiger partial charge in [0.1, 0.15) is 4.88 Å². The average Bonchev–Trinajstić information content (AvgIpc) is 3.22. The number of nitro benzene ring substituents is 1. The summed E-state index contributed by atoms with van der Waals surface area (Å²) >= 11 is 1.48. The van der Waals surface area contributed by atoms with Crippen molar-refractivity contribution in [3.63, 3.8) is 0 Å². The minimum Gasteiger partial charge on any atom is -0.451 e. The van der Waals surface area contributed by atoms with Gasteiger partial charge in [0.05, 0.1) is 4.92 Å². The highest BCUT2D eigenvalue weighted by Gasteiger charge is 2.24. The third kappa shape index (κ3) is 4.46. The first-order valence-corrected chi connectivity index (χ1v) is 10.9. The molecule has 2 heterocycles. The Balaban J connectivity index is 1.25. The first kappa shape index (κ1) is 20.3. The molecule has 2 aromatic rings. The maximum Gasteiger partial charge on any atom is 0.348 e. The molecule has 1 aromatic carbocycles. The molecule has 0 N–H and O–H groups in total. The van der Waals surface area contributed by atoms with Gasteiger partial charge in [0.2, 0.25) is 0 Å². The summed E-state index contributed by atoms with van der Waals surface area (Å²) in [5.41, 5.74) is 2.19. The van der Waals surface area contributed by atoms with E-state index in [2.05, 4.69) is 4.90 Å². The zero-order chi connectivity index (χ0) is 21.1. The molecule has 0 unspecified atom stereocenters. The number of thiophene rings is 1. The van der Waals surface area contributed by atoms with Gasteiger partial charge in [-0.05, 0) is 49.4 Å². The maximum absolute atomic E-state index is 12.4. The van der Waals surface area contributed by atoms with E-state index in [9.17, 15) is 19.7 Å². The van der Waals surface area contributed by atoms with Crippen LogP contribution in [0.2, 0.25) is 0 Å². The molecule has 0 spiro atoms. The van der Waals surface area contributed by atoms with Gasteiger partial charge in [-0.15, -0.1) is 11.3 Å². The summed E-state index contributed by atoms with van der Waals surface area (Å²) in [7, 11) is 0. The van der Waals surface area contributed by atoms with E-state index >= 15 is 0 Å². The molecule has 1 aromatic heterocycles. The Morgan fingerprint density at radius 3 is 2.43 bits per heavy atom. The molecule has 1 fully saturated rings. The molecule has 9 heteroatoms. The van der Waals surface area contributed by atoms with Gasteiger partial charge in [0.25, 0.3) is 11.6 Å². The number of rotatable bonds is 5. The molecule has 158 valence electrons. The molecule has 1 amide bonds. The van der Waals surface area contributed by atoms with Gasteiger partial charge in [0, 0.05) is 48.9 Å². The van der Waals surface area contributed by atoms with E-state index in [1.165, 1.54) is 33.9 Å². The minimum absolute atomic E-state index is 0.0565. The topological polar surface area (TPSA) is 93.0 Å². The molecule has 8 nitrogen and oxygen atoms in total. The number of hydrogen-bond acceptors (Lipinski definition) is 7. The Morgan fingerprint density at radius 2 is 1.77 bits per heavy atom. The Labute approximate surface area is 178 Å². The summed E-state index contributed by atoms with van der Waals surface area (Å²) in [5.74, 6) is -0.625. The van der Waals surface area contributed by atoms with Gasteiger partial charge >= 0.3 is 5.97 Å². The molecule has 0 bridgehead atoms. The lowest BCUT2D eigenvalue weighted by atomic mass is 9.99. The van der Waals surface area contributed by atoms with E-state index in [1.54, 1.807) is 17.0 Å². The summed E-state index contributed by atoms with van der Waals surface area (Å²) in [6, 6.07) is 8.31. The molecular formula is C21H23N3O5S. The van der Waals surface area contributed by atoms with Gasteiger partial charge in [-0.1, -0.05) is 0 Å². The number of benzene rings is 1. The molecule has 1 aliphatic carbocycles. The highest BCUT2D eigenvalue weighted by atomic mass is 32.1. The van der Waals surface area contributed by atoms with Crippen LogP contribution in [0.5, 0.6) is 0 Å². The number of amides is 1. The minimum atomic E-state index is -0.424. The van der Waals surface area contributed by atoms with Crippen LogP contribution in [0.3, 0.4) is 0 Å². The Hall–Kier alpha value is -2.94. The van der Waals surface area contributed by atoms with Crippen molar-refractivity contribution in [1.82, 2.24) is 4.90 Å². The van der Waals surface area contributed by atoms with Crippen molar-refractivity contribution < 1.29 is 19.2 Å². The quantitative estimate of drug-likeness (QED) is 0.412. The summed E-state index contributed by atoms with van der Waals surface area (Å²) < 4.78 is 5.27. The average molecular weight is 429 g/mol. The first-order valence-electron chi connectivity index (χ1n) is 10.1. The summed E-state index contributed by atoms with van der Waals surface area (Å²) in [4.78, 5) is 40.7. The van der Waals surface area contributed by atoms with Gasteiger partial charge < -0.3 is 14.5 Å². The second-order valence-corrected chi connectivity index (χ2v) is 8.62. The van der Waals surface area contributed by atoms with Crippen LogP contribution in [0.1, 0.15) is 33.0 Å². The van der Waals surface area contributed by atoms with E-state index in [0.717, 1.165) is 31.4 Å². The fraction of sp³-hybridized carbons (Fsp3) is 0.429. The number of aryl methyl sites for hydroxylation is 2. The normalized spacial score (nSPS) is 16.1. The number of hydrogen-bond donors (Lipinski definition) is 0. The number of nitro groups is 1. The Kier molecular flexibility index (Phi) is 5.98. The molecular weight excluding hydrogens is 406 g/mol. The van der Waals surface area contributed by atoms with Crippen molar-refractivity contribution in [2.75, 3.05) is 37.7 Å². The fourth-order valence-corrected chi connectivity index (χ4v) is 5.03. The van der Waals surface area contributed by atoms with Crippen molar-refractivity contribution in [3.05, 3.63) is 55.8 Å². The highest BCUT2D eigenvalue weighted by molar-refractivity contribution is 7.14. The molecule has 0 saturated carbocycles. The predicted molar refractivity (Wildman–Crippen MR) is 113 cm³/mol. The number of esters is 1. The van der Waals surface area contributed by atoms with E-state index < -0.39 is 10.9 Å². The molecule has 1 saturated heterocycles. The number of anilines is 1. The van der Waals surface area contributed by atoms with Gasteiger partial charge in [-0.2, -0.15) is 0 Å². The fourth-order valence-electron chi connectivity index (χ4n) is 3.88. The van der Waals surface area contributed by atoms with E-state index in [0.29, 0.717) is 31.1 Å². The lowest BCUT2D eigenvalue weighted by molar-refractivity contribution is -0.384. The zero-order valence-corrected chi connectivity index (χ0v) is 17.4. The number of piperazine rings is 1. The van der Waals surface area contributed by atoms with Gasteiger partial charge in [0.15, 0.2) is 6.61 Å². The number of carbonyl (C=O) groups is 2. The predicted octanol–water partition coefficient (Wildman–Crippen LogP) is 3.04. The van der Waals surface area contributed by atoms with Crippen LogP contribution in [-0.2, 0) is 22.4 Å². The number of nitrogens with zero attached hydrogens (tertiary/aromatic N) is 3. The Bertz CT molecular complexity index is 925. The lowest BCUT2D eigenvalue weighted by Crippen LogP contribution is -2.49. The summed E-state index contributed by atoms with van der Waals surface area (Å²) in [6.07, 6.45) is 4.34. The number of carbonyl (C=O) groups excluding carboxylic acids is 2. The second kappa shape index (κ2) is 8.83. The molecule has 30 heavy (non-hydrogen) atoms. The maximum atomic E-state index is 12.4. The van der Waals surface area contributed by atoms with Crippen LogP contribution in [0.4, 0.5) is 11.4 Å². The van der Waals surface area contributed by atoms with Crippen molar-refractivity contribution in [1.29, 1.82) is 0 Å². The number of fused-ring (bicyclic) bond motifs is 1. The zero-order valence-electron chi connectivity index (χ0n) is 16.5. The first-order chi connectivity index (χ1) is 14.5. The van der Waals surface area contributed by atoms with Crippen LogP contribution in [-0.4, -0.2) is 54.5 Å².